The van der Waals surface area contributed by atoms with Gasteiger partial charge in [-0.25, -0.2) is 0 Å². The Labute approximate surface area is 109 Å². The van der Waals surface area contributed by atoms with Crippen LogP contribution < -0.4 is 0 Å². The van der Waals surface area contributed by atoms with Crippen LogP contribution in [0.5, 0.6) is 5.75 Å². The molecule has 1 rings (SSSR count). The predicted molar refractivity (Wildman–Crippen MR) is 65.9 cm³/mol. The van der Waals surface area contributed by atoms with Gasteiger partial charge in [0.25, 0.3) is 0 Å². The molecule has 104 valence electrons. The summed E-state index contributed by atoms with van der Waals surface area (Å²) >= 11 is 0. The molecular formula is C13H16O6. The van der Waals surface area contributed by atoms with Crippen molar-refractivity contribution < 1.29 is 30.0 Å². The first-order valence-corrected chi connectivity index (χ1v) is 5.80. The van der Waals surface area contributed by atoms with Crippen molar-refractivity contribution in [1.29, 1.82) is 0 Å². The molecule has 0 aromatic heterocycles. The minimum absolute atomic E-state index is 0.0431. The highest BCUT2D eigenvalue weighted by Crippen LogP contribution is 2.26. The van der Waals surface area contributed by atoms with E-state index in [0.29, 0.717) is 0 Å². The Morgan fingerprint density at radius 1 is 1.26 bits per heavy atom. The van der Waals surface area contributed by atoms with Crippen molar-refractivity contribution in [3.63, 3.8) is 0 Å². The van der Waals surface area contributed by atoms with Gasteiger partial charge in [-0.1, -0.05) is 13.0 Å². The maximum atomic E-state index is 11.6. The summed E-state index contributed by atoms with van der Waals surface area (Å²) in [5, 5.41) is 37.4. The van der Waals surface area contributed by atoms with Crippen LogP contribution in [0.4, 0.5) is 0 Å². The fourth-order valence-corrected chi connectivity index (χ4v) is 1.66. The predicted octanol–water partition coefficient (Wildman–Crippen LogP) is 0.854. The van der Waals surface area contributed by atoms with Crippen LogP contribution in [-0.2, 0) is 4.79 Å². The van der Waals surface area contributed by atoms with Gasteiger partial charge in [0.15, 0.2) is 5.78 Å². The lowest BCUT2D eigenvalue weighted by atomic mass is 9.97. The number of aromatic hydroxyl groups is 1. The van der Waals surface area contributed by atoms with Crippen molar-refractivity contribution in [2.75, 3.05) is 0 Å². The summed E-state index contributed by atoms with van der Waals surface area (Å²) in [5.41, 5.74) is 0.227. The van der Waals surface area contributed by atoms with E-state index in [9.17, 15) is 24.9 Å². The highest BCUT2D eigenvalue weighted by Gasteiger charge is 2.22. The zero-order valence-electron chi connectivity index (χ0n) is 10.4. The van der Waals surface area contributed by atoms with E-state index in [2.05, 4.69) is 0 Å². The van der Waals surface area contributed by atoms with Gasteiger partial charge in [-0.05, 0) is 17.7 Å². The van der Waals surface area contributed by atoms with E-state index in [1.54, 1.807) is 6.92 Å². The Kier molecular flexibility index (Phi) is 5.02. The second-order valence-corrected chi connectivity index (χ2v) is 4.16. The van der Waals surface area contributed by atoms with E-state index in [0.717, 1.165) is 0 Å². The molecule has 0 heterocycles. The number of carboxylic acid groups (broad SMARTS) is 1. The summed E-state index contributed by atoms with van der Waals surface area (Å²) in [7, 11) is 0. The summed E-state index contributed by atoms with van der Waals surface area (Å²) in [4.78, 5) is 22.0. The van der Waals surface area contributed by atoms with Crippen LogP contribution in [0.15, 0.2) is 18.2 Å². The lowest BCUT2D eigenvalue weighted by molar-refractivity contribution is -0.141. The van der Waals surface area contributed by atoms with Crippen LogP contribution in [0.1, 0.15) is 41.8 Å². The summed E-state index contributed by atoms with van der Waals surface area (Å²) in [6.45, 7) is 1.63. The zero-order chi connectivity index (χ0) is 14.6. The molecule has 0 amide bonds. The molecule has 0 spiro atoms. The molecule has 0 saturated carbocycles. The second-order valence-electron chi connectivity index (χ2n) is 4.16. The number of carbonyl (C=O) groups excluding carboxylic acids is 1. The molecule has 0 bridgehead atoms. The number of carbonyl (C=O) groups is 2. The van der Waals surface area contributed by atoms with Crippen molar-refractivity contribution in [1.82, 2.24) is 0 Å². The van der Waals surface area contributed by atoms with Gasteiger partial charge >= 0.3 is 5.97 Å². The van der Waals surface area contributed by atoms with Gasteiger partial charge in [-0.3, -0.25) is 9.59 Å². The molecule has 0 radical (unpaired) electrons. The topological polar surface area (TPSA) is 115 Å². The summed E-state index contributed by atoms with van der Waals surface area (Å²) < 4.78 is 0. The highest BCUT2D eigenvalue weighted by atomic mass is 16.4. The second kappa shape index (κ2) is 6.31. The van der Waals surface area contributed by atoms with Gasteiger partial charge in [0.1, 0.15) is 11.9 Å². The number of aliphatic hydroxyl groups excluding tert-OH is 2. The highest BCUT2D eigenvalue weighted by molar-refractivity contribution is 5.98. The molecule has 4 N–H and O–H groups in total. The average molecular weight is 268 g/mol. The SMILES string of the molecule is CCC(=O)c1cc(C(O)C(O)CC(=O)O)ccc1O. The molecule has 0 aliphatic carbocycles. The minimum atomic E-state index is -1.48. The van der Waals surface area contributed by atoms with Crippen LogP contribution in [0.2, 0.25) is 0 Å². The van der Waals surface area contributed by atoms with Crippen molar-refractivity contribution in [3.8, 4) is 5.75 Å². The van der Waals surface area contributed by atoms with Crippen molar-refractivity contribution >= 4 is 11.8 Å². The van der Waals surface area contributed by atoms with Gasteiger partial charge in [0, 0.05) is 6.42 Å². The van der Waals surface area contributed by atoms with Crippen LogP contribution in [0.3, 0.4) is 0 Å². The van der Waals surface area contributed by atoms with E-state index in [-0.39, 0.29) is 29.1 Å². The molecule has 0 aliphatic heterocycles. The Hall–Kier alpha value is -1.92. The first kappa shape index (κ1) is 15.1. The molecule has 2 atom stereocenters. The van der Waals surface area contributed by atoms with Crippen LogP contribution in [0, 0.1) is 0 Å². The number of carboxylic acids is 1. The van der Waals surface area contributed by atoms with E-state index < -0.39 is 24.6 Å². The molecule has 0 saturated heterocycles. The number of aliphatic carboxylic acids is 1. The smallest absolute Gasteiger partial charge is 0.306 e. The Morgan fingerprint density at radius 3 is 2.42 bits per heavy atom. The number of benzene rings is 1. The van der Waals surface area contributed by atoms with Gasteiger partial charge in [0.2, 0.25) is 0 Å². The van der Waals surface area contributed by atoms with Gasteiger partial charge in [-0.15, -0.1) is 0 Å². The largest absolute Gasteiger partial charge is 0.507 e. The van der Waals surface area contributed by atoms with E-state index >= 15 is 0 Å². The maximum Gasteiger partial charge on any atom is 0.306 e. The number of hydrogen-bond donors (Lipinski definition) is 4. The molecule has 0 aliphatic rings. The minimum Gasteiger partial charge on any atom is -0.507 e. The molecule has 6 heteroatoms. The number of hydrogen-bond acceptors (Lipinski definition) is 5. The van der Waals surface area contributed by atoms with Crippen molar-refractivity contribution in [2.45, 2.75) is 32.0 Å². The molecule has 0 fully saturated rings. The lowest BCUT2D eigenvalue weighted by Gasteiger charge is -2.17. The van der Waals surface area contributed by atoms with Crippen molar-refractivity contribution in [2.24, 2.45) is 0 Å². The zero-order valence-corrected chi connectivity index (χ0v) is 10.4. The third-order valence-electron chi connectivity index (χ3n) is 2.73. The van der Waals surface area contributed by atoms with Gasteiger partial charge in [-0.2, -0.15) is 0 Å². The number of aliphatic hydroxyl groups is 2. The first-order chi connectivity index (χ1) is 8.86. The summed E-state index contributed by atoms with van der Waals surface area (Å²) in [6, 6.07) is 3.82. The number of ketones is 1. The van der Waals surface area contributed by atoms with Crippen LogP contribution in [0.25, 0.3) is 0 Å². The fraction of sp³-hybridized carbons (Fsp3) is 0.385. The monoisotopic (exact) mass is 268 g/mol. The number of phenolic OH excluding ortho intramolecular Hbond substituents is 1. The number of Topliss-reactive ketones (excluding diaryl/α,β-unsaturated/α-hetero) is 1. The molecule has 1 aromatic carbocycles. The molecule has 6 nitrogen and oxygen atoms in total. The average Bonchev–Trinajstić information content (AvgIpc) is 2.36. The molecular weight excluding hydrogens is 252 g/mol. The van der Waals surface area contributed by atoms with Crippen molar-refractivity contribution in [3.05, 3.63) is 29.3 Å². The summed E-state index contributed by atoms with van der Waals surface area (Å²) in [6.07, 6.45) is -3.34. The van der Waals surface area contributed by atoms with Gasteiger partial charge < -0.3 is 20.4 Å². The Balaban J connectivity index is 3.01. The third kappa shape index (κ3) is 3.77. The third-order valence-corrected chi connectivity index (χ3v) is 2.73. The van der Waals surface area contributed by atoms with E-state index in [1.165, 1.54) is 18.2 Å². The van der Waals surface area contributed by atoms with Crippen LogP contribution >= 0.6 is 0 Å². The van der Waals surface area contributed by atoms with Crippen LogP contribution in [-0.4, -0.2) is 38.3 Å². The molecule has 19 heavy (non-hydrogen) atoms. The normalized spacial score (nSPS) is 13.8. The maximum absolute atomic E-state index is 11.6. The Bertz CT molecular complexity index is 482. The Morgan fingerprint density at radius 2 is 1.89 bits per heavy atom. The molecule has 2 unspecified atom stereocenters. The lowest BCUT2D eigenvalue weighted by Crippen LogP contribution is -2.22. The number of rotatable bonds is 6. The molecule has 1 aromatic rings. The first-order valence-electron chi connectivity index (χ1n) is 5.80. The van der Waals surface area contributed by atoms with Gasteiger partial charge in [0.05, 0.1) is 18.1 Å². The quantitative estimate of drug-likeness (QED) is 0.569. The summed E-state index contributed by atoms with van der Waals surface area (Å²) in [5.74, 6) is -1.76. The fourth-order valence-electron chi connectivity index (χ4n) is 1.66. The number of phenols is 1. The van der Waals surface area contributed by atoms with E-state index in [1.807, 2.05) is 0 Å². The standard InChI is InChI=1S/C13H16O6/c1-2-9(14)8-5-7(3-4-10(8)15)13(19)11(16)6-12(17)18/h3-5,11,13,15-16,19H,2,6H2,1H3,(H,17,18). The van der Waals surface area contributed by atoms with E-state index in [4.69, 9.17) is 5.11 Å².